The number of hydrogen-bond acceptors (Lipinski definition) is 3. The van der Waals surface area contributed by atoms with Crippen LogP contribution in [0, 0.1) is 0 Å². The molecule has 0 saturated carbocycles. The fourth-order valence-electron chi connectivity index (χ4n) is 1.95. The van der Waals surface area contributed by atoms with E-state index in [2.05, 4.69) is 4.90 Å². The Bertz CT molecular complexity index is 385. The van der Waals surface area contributed by atoms with Crippen LogP contribution in [0.2, 0.25) is 10.0 Å². The largest absolute Gasteiger partial charge is 0.396 e. The topological polar surface area (TPSA) is 32.7 Å². The molecule has 1 aliphatic rings. The number of benzene rings is 1. The van der Waals surface area contributed by atoms with Crippen LogP contribution in [-0.2, 0) is 4.74 Å². The van der Waals surface area contributed by atoms with Crippen LogP contribution < -0.4 is 4.90 Å². The number of halogens is 2. The van der Waals surface area contributed by atoms with Crippen LogP contribution in [0.5, 0.6) is 0 Å². The van der Waals surface area contributed by atoms with E-state index in [0.717, 1.165) is 18.8 Å². The second kappa shape index (κ2) is 5.91. The minimum Gasteiger partial charge on any atom is -0.396 e. The zero-order chi connectivity index (χ0) is 12.3. The number of rotatable bonds is 3. The zero-order valence-electron chi connectivity index (χ0n) is 9.40. The van der Waals surface area contributed by atoms with Crippen LogP contribution in [0.25, 0.3) is 0 Å². The molecule has 1 aromatic carbocycles. The van der Waals surface area contributed by atoms with Gasteiger partial charge in [0.2, 0.25) is 0 Å². The maximum absolute atomic E-state index is 8.92. The van der Waals surface area contributed by atoms with Crippen molar-refractivity contribution in [1.29, 1.82) is 0 Å². The first-order chi connectivity index (χ1) is 8.20. The number of anilines is 1. The molecular formula is C12H15Cl2NO2. The molecule has 0 aliphatic carbocycles. The van der Waals surface area contributed by atoms with Gasteiger partial charge in [0.15, 0.2) is 0 Å². The smallest absolute Gasteiger partial charge is 0.0772 e. The van der Waals surface area contributed by atoms with Crippen LogP contribution in [0.15, 0.2) is 18.2 Å². The average molecular weight is 276 g/mol. The minimum absolute atomic E-state index is 0.0863. The van der Waals surface area contributed by atoms with Crippen LogP contribution in [0.3, 0.4) is 0 Å². The van der Waals surface area contributed by atoms with Crippen molar-refractivity contribution in [3.63, 3.8) is 0 Å². The summed E-state index contributed by atoms with van der Waals surface area (Å²) >= 11 is 11.9. The normalized spacial score (nSPS) is 20.6. The lowest BCUT2D eigenvalue weighted by Gasteiger charge is -2.34. The summed E-state index contributed by atoms with van der Waals surface area (Å²) in [5.41, 5.74) is 1.05. The van der Waals surface area contributed by atoms with E-state index in [1.165, 1.54) is 0 Å². The second-order valence-corrected chi connectivity index (χ2v) is 4.86. The molecule has 1 unspecified atom stereocenters. The number of hydrogen-bond donors (Lipinski definition) is 1. The number of aliphatic hydroxyl groups excluding tert-OH is 1. The Labute approximate surface area is 111 Å². The van der Waals surface area contributed by atoms with Crippen molar-refractivity contribution in [3.05, 3.63) is 28.2 Å². The second-order valence-electron chi connectivity index (χ2n) is 4.05. The van der Waals surface area contributed by atoms with Gasteiger partial charge in [-0.3, -0.25) is 0 Å². The maximum Gasteiger partial charge on any atom is 0.0772 e. The highest BCUT2D eigenvalue weighted by Gasteiger charge is 2.20. The summed E-state index contributed by atoms with van der Waals surface area (Å²) < 4.78 is 5.56. The molecule has 1 fully saturated rings. The molecule has 5 heteroatoms. The first-order valence-electron chi connectivity index (χ1n) is 5.63. The van der Waals surface area contributed by atoms with Gasteiger partial charge in [-0.25, -0.2) is 0 Å². The summed E-state index contributed by atoms with van der Waals surface area (Å²) in [5.74, 6) is 0. The fraction of sp³-hybridized carbons (Fsp3) is 0.500. The highest BCUT2D eigenvalue weighted by Crippen LogP contribution is 2.28. The third-order valence-corrected chi connectivity index (χ3v) is 3.60. The minimum atomic E-state index is 0.0863. The third kappa shape index (κ3) is 3.26. The highest BCUT2D eigenvalue weighted by atomic mass is 35.5. The molecule has 1 N–H and O–H groups in total. The van der Waals surface area contributed by atoms with Crippen molar-refractivity contribution in [3.8, 4) is 0 Å². The van der Waals surface area contributed by atoms with Gasteiger partial charge in [0.05, 0.1) is 22.8 Å². The summed E-state index contributed by atoms with van der Waals surface area (Å²) in [6.07, 6.45) is 0.751. The molecule has 0 aromatic heterocycles. The molecule has 0 spiro atoms. The molecule has 1 heterocycles. The van der Waals surface area contributed by atoms with E-state index < -0.39 is 0 Å². The summed E-state index contributed by atoms with van der Waals surface area (Å²) in [7, 11) is 0. The zero-order valence-corrected chi connectivity index (χ0v) is 10.9. The summed E-state index contributed by atoms with van der Waals surface area (Å²) in [6, 6.07) is 5.62. The molecule has 94 valence electrons. The number of nitrogens with zero attached hydrogens (tertiary/aromatic N) is 1. The Morgan fingerprint density at radius 3 is 2.88 bits per heavy atom. The van der Waals surface area contributed by atoms with Crippen LogP contribution in [-0.4, -0.2) is 37.5 Å². The molecule has 2 rings (SSSR count). The van der Waals surface area contributed by atoms with Crippen molar-refractivity contribution < 1.29 is 9.84 Å². The van der Waals surface area contributed by atoms with Gasteiger partial charge in [-0.15, -0.1) is 0 Å². The van der Waals surface area contributed by atoms with Crippen molar-refractivity contribution in [2.45, 2.75) is 12.5 Å². The number of ether oxygens (including phenoxy) is 1. The molecule has 1 atom stereocenters. The summed E-state index contributed by atoms with van der Waals surface area (Å²) in [5, 5.41) is 10.0. The molecule has 0 radical (unpaired) electrons. The average Bonchev–Trinajstić information content (AvgIpc) is 2.33. The lowest BCUT2D eigenvalue weighted by atomic mass is 10.2. The SMILES string of the molecule is OCCC1CN(c2ccc(Cl)c(Cl)c2)CCO1. The summed E-state index contributed by atoms with van der Waals surface area (Å²) in [6.45, 7) is 2.43. The van der Waals surface area contributed by atoms with Gasteiger partial charge in [0.1, 0.15) is 0 Å². The van der Waals surface area contributed by atoms with E-state index in [1.807, 2.05) is 12.1 Å². The van der Waals surface area contributed by atoms with Gasteiger partial charge in [-0.1, -0.05) is 23.2 Å². The lowest BCUT2D eigenvalue weighted by molar-refractivity contribution is 0.0247. The molecule has 0 bridgehead atoms. The van der Waals surface area contributed by atoms with Crippen molar-refractivity contribution >= 4 is 28.9 Å². The molecule has 3 nitrogen and oxygen atoms in total. The Hall–Kier alpha value is -0.480. The Balaban J connectivity index is 2.08. The predicted octanol–water partition coefficient (Wildman–Crippen LogP) is 2.58. The van der Waals surface area contributed by atoms with Gasteiger partial charge in [-0.05, 0) is 24.6 Å². The molecular weight excluding hydrogens is 261 g/mol. The van der Waals surface area contributed by atoms with Crippen LogP contribution in [0.1, 0.15) is 6.42 Å². The number of morpholine rings is 1. The van der Waals surface area contributed by atoms with Gasteiger partial charge >= 0.3 is 0 Å². The van der Waals surface area contributed by atoms with E-state index >= 15 is 0 Å². The Morgan fingerprint density at radius 1 is 1.35 bits per heavy atom. The van der Waals surface area contributed by atoms with Crippen LogP contribution >= 0.6 is 23.2 Å². The number of aliphatic hydroxyl groups is 1. The molecule has 1 saturated heterocycles. The molecule has 17 heavy (non-hydrogen) atoms. The maximum atomic E-state index is 8.92. The van der Waals surface area contributed by atoms with E-state index in [0.29, 0.717) is 23.1 Å². The highest BCUT2D eigenvalue weighted by molar-refractivity contribution is 6.42. The molecule has 0 amide bonds. The first-order valence-corrected chi connectivity index (χ1v) is 6.39. The van der Waals surface area contributed by atoms with E-state index in [4.69, 9.17) is 33.0 Å². The monoisotopic (exact) mass is 275 g/mol. The van der Waals surface area contributed by atoms with Crippen molar-refractivity contribution in [2.75, 3.05) is 31.2 Å². The lowest BCUT2D eigenvalue weighted by Crippen LogP contribution is -2.42. The fourth-order valence-corrected chi connectivity index (χ4v) is 2.25. The van der Waals surface area contributed by atoms with Gasteiger partial charge in [0, 0.05) is 25.4 Å². The van der Waals surface area contributed by atoms with E-state index in [1.54, 1.807) is 6.07 Å². The van der Waals surface area contributed by atoms with Crippen LogP contribution in [0.4, 0.5) is 5.69 Å². The van der Waals surface area contributed by atoms with E-state index in [9.17, 15) is 0 Å². The Kier molecular flexibility index (Phi) is 4.51. The van der Waals surface area contributed by atoms with Crippen molar-refractivity contribution in [1.82, 2.24) is 0 Å². The van der Waals surface area contributed by atoms with Gasteiger partial charge in [-0.2, -0.15) is 0 Å². The van der Waals surface area contributed by atoms with Gasteiger partial charge in [0.25, 0.3) is 0 Å². The first kappa shape index (κ1) is 13.0. The molecule has 1 aliphatic heterocycles. The standard InChI is InChI=1S/C12H15Cl2NO2/c13-11-2-1-9(7-12(11)14)15-4-6-17-10(8-15)3-5-16/h1-2,7,10,16H,3-6,8H2. The third-order valence-electron chi connectivity index (χ3n) is 2.86. The Morgan fingerprint density at radius 2 is 2.18 bits per heavy atom. The van der Waals surface area contributed by atoms with E-state index in [-0.39, 0.29) is 12.7 Å². The summed E-state index contributed by atoms with van der Waals surface area (Å²) in [4.78, 5) is 2.20. The molecule has 1 aromatic rings. The quantitative estimate of drug-likeness (QED) is 0.921. The predicted molar refractivity (Wildman–Crippen MR) is 70.1 cm³/mol. The van der Waals surface area contributed by atoms with Crippen molar-refractivity contribution in [2.24, 2.45) is 0 Å². The van der Waals surface area contributed by atoms with Gasteiger partial charge < -0.3 is 14.7 Å².